The number of aliphatic hydroxyl groups is 3. The zero-order valence-corrected chi connectivity index (χ0v) is 15.2. The minimum Gasteiger partial charge on any atom is -0.393 e. The van der Waals surface area contributed by atoms with Gasteiger partial charge in [-0.3, -0.25) is 9.59 Å². The fourth-order valence-corrected chi connectivity index (χ4v) is 7.83. The molecule has 0 aromatic rings. The van der Waals surface area contributed by atoms with Crippen LogP contribution in [0.15, 0.2) is 23.3 Å². The number of aliphatic hydroxyl groups excluding tert-OH is 2. The van der Waals surface area contributed by atoms with E-state index in [1.165, 1.54) is 11.1 Å². The Bertz CT molecular complexity index is 770. The fourth-order valence-electron chi connectivity index (χ4n) is 7.83. The van der Waals surface area contributed by atoms with E-state index in [9.17, 15) is 24.9 Å². The van der Waals surface area contributed by atoms with Crippen LogP contribution >= 0.6 is 0 Å². The predicted octanol–water partition coefficient (Wildman–Crippen LogP) is 1.17. The Kier molecular flexibility index (Phi) is 3.08. The van der Waals surface area contributed by atoms with Crippen molar-refractivity contribution in [1.29, 1.82) is 0 Å². The first-order chi connectivity index (χ1) is 12.2. The lowest BCUT2D eigenvalue weighted by molar-refractivity contribution is -0.187. The van der Waals surface area contributed by atoms with Gasteiger partial charge < -0.3 is 15.3 Å². The van der Waals surface area contributed by atoms with Crippen molar-refractivity contribution < 1.29 is 24.9 Å². The second-order valence-corrected chi connectivity index (χ2v) is 9.56. The molecule has 0 aliphatic heterocycles. The van der Waals surface area contributed by atoms with Crippen molar-refractivity contribution in [2.24, 2.45) is 34.5 Å². The summed E-state index contributed by atoms with van der Waals surface area (Å²) < 4.78 is 0. The molecule has 6 atom stereocenters. The van der Waals surface area contributed by atoms with Crippen LogP contribution in [-0.4, -0.2) is 45.2 Å². The number of rotatable bonds is 2. The smallest absolute Gasteiger partial charge is 0.190 e. The number of fused-ring (bicyclic) bond motifs is 4. The summed E-state index contributed by atoms with van der Waals surface area (Å²) in [4.78, 5) is 24.2. The van der Waals surface area contributed by atoms with Crippen LogP contribution in [-0.2, 0) is 9.59 Å². The Morgan fingerprint density at radius 1 is 1.27 bits per heavy atom. The van der Waals surface area contributed by atoms with E-state index in [0.717, 1.165) is 12.8 Å². The van der Waals surface area contributed by atoms with Gasteiger partial charge in [-0.2, -0.15) is 0 Å². The molecular weight excluding hydrogens is 332 g/mol. The minimum absolute atomic E-state index is 0.0303. The number of carbonyl (C=O) groups excluding carboxylic acids is 2. The molecule has 0 heterocycles. The second kappa shape index (κ2) is 4.75. The quantitative estimate of drug-likeness (QED) is 0.689. The minimum atomic E-state index is -1.55. The van der Waals surface area contributed by atoms with Crippen LogP contribution in [0.3, 0.4) is 0 Å². The van der Waals surface area contributed by atoms with Crippen LogP contribution < -0.4 is 0 Å². The first kappa shape index (κ1) is 16.8. The van der Waals surface area contributed by atoms with Gasteiger partial charge in [0, 0.05) is 22.7 Å². The molecule has 0 radical (unpaired) electrons. The van der Waals surface area contributed by atoms with Gasteiger partial charge in [0.15, 0.2) is 11.6 Å². The molecule has 5 aliphatic carbocycles. The molecule has 0 aromatic heterocycles. The number of hydrogen-bond acceptors (Lipinski definition) is 5. The molecule has 140 valence electrons. The Hall–Kier alpha value is -1.30. The third-order valence-corrected chi connectivity index (χ3v) is 8.93. The number of hydrogen-bond donors (Lipinski definition) is 3. The molecule has 5 rings (SSSR count). The SMILES string of the molecule is CC12C3=CC(=O)C=C1C3C[C@@H]1[C@@H]2[C@@H](O)C[C@@]2(C)[C@H]1CC[C@]2(O)C(=O)CO. The van der Waals surface area contributed by atoms with Gasteiger partial charge in [0.25, 0.3) is 0 Å². The molecule has 3 N–H and O–H groups in total. The Balaban J connectivity index is 1.57. The lowest BCUT2D eigenvalue weighted by atomic mass is 9.35. The van der Waals surface area contributed by atoms with Crippen molar-refractivity contribution in [2.45, 2.75) is 51.2 Å². The van der Waals surface area contributed by atoms with Gasteiger partial charge in [-0.15, -0.1) is 0 Å². The van der Waals surface area contributed by atoms with E-state index in [1.54, 1.807) is 12.2 Å². The summed E-state index contributed by atoms with van der Waals surface area (Å²) in [5, 5.41) is 31.7. The van der Waals surface area contributed by atoms with Crippen molar-refractivity contribution in [3.05, 3.63) is 23.3 Å². The van der Waals surface area contributed by atoms with Gasteiger partial charge in [-0.05, 0) is 60.8 Å². The van der Waals surface area contributed by atoms with Crippen molar-refractivity contribution in [2.75, 3.05) is 6.61 Å². The van der Waals surface area contributed by atoms with E-state index >= 15 is 0 Å². The van der Waals surface area contributed by atoms with Crippen LogP contribution in [0, 0.1) is 34.5 Å². The van der Waals surface area contributed by atoms with Gasteiger partial charge in [-0.25, -0.2) is 0 Å². The Morgan fingerprint density at radius 2 is 1.92 bits per heavy atom. The average Bonchev–Trinajstić information content (AvgIpc) is 2.87. The number of carbonyl (C=O) groups is 2. The third-order valence-electron chi connectivity index (χ3n) is 8.93. The molecule has 0 amide bonds. The van der Waals surface area contributed by atoms with Gasteiger partial charge in [-0.1, -0.05) is 13.8 Å². The summed E-state index contributed by atoms with van der Waals surface area (Å²) in [5.74, 6) is 0.228. The maximum absolute atomic E-state index is 12.4. The molecular formula is C21H26O5. The molecule has 0 unspecified atom stereocenters. The normalized spacial score (nSPS) is 53.9. The van der Waals surface area contributed by atoms with Gasteiger partial charge in [0.1, 0.15) is 12.2 Å². The van der Waals surface area contributed by atoms with Crippen LogP contribution in [0.25, 0.3) is 0 Å². The summed E-state index contributed by atoms with van der Waals surface area (Å²) >= 11 is 0. The Labute approximate surface area is 152 Å². The van der Waals surface area contributed by atoms with Crippen molar-refractivity contribution in [3.8, 4) is 0 Å². The molecule has 26 heavy (non-hydrogen) atoms. The van der Waals surface area contributed by atoms with E-state index in [-0.39, 0.29) is 34.9 Å². The van der Waals surface area contributed by atoms with E-state index in [0.29, 0.717) is 12.8 Å². The van der Waals surface area contributed by atoms with E-state index in [4.69, 9.17) is 0 Å². The lowest BCUT2D eigenvalue weighted by Gasteiger charge is -2.69. The summed E-state index contributed by atoms with van der Waals surface area (Å²) in [7, 11) is 0. The summed E-state index contributed by atoms with van der Waals surface area (Å²) in [5.41, 5.74) is -0.164. The zero-order chi connectivity index (χ0) is 18.6. The summed E-state index contributed by atoms with van der Waals surface area (Å²) in [6.07, 6.45) is 5.22. The van der Waals surface area contributed by atoms with Crippen molar-refractivity contribution >= 4 is 11.6 Å². The van der Waals surface area contributed by atoms with Gasteiger partial charge in [0.2, 0.25) is 0 Å². The van der Waals surface area contributed by atoms with Crippen molar-refractivity contribution in [3.63, 3.8) is 0 Å². The Morgan fingerprint density at radius 3 is 2.54 bits per heavy atom. The number of ketones is 2. The molecule has 4 saturated carbocycles. The topological polar surface area (TPSA) is 94.8 Å². The van der Waals surface area contributed by atoms with Crippen LogP contribution in [0.5, 0.6) is 0 Å². The number of allylic oxidation sites excluding steroid dienone is 4. The summed E-state index contributed by atoms with van der Waals surface area (Å²) in [6.45, 7) is 3.41. The molecule has 5 aliphatic rings. The van der Waals surface area contributed by atoms with Gasteiger partial charge >= 0.3 is 0 Å². The van der Waals surface area contributed by atoms with E-state index in [2.05, 4.69) is 6.92 Å². The maximum atomic E-state index is 12.4. The summed E-state index contributed by atoms with van der Waals surface area (Å²) in [6, 6.07) is 0. The molecule has 0 aromatic carbocycles. The highest BCUT2D eigenvalue weighted by atomic mass is 16.3. The fraction of sp³-hybridized carbons (Fsp3) is 0.714. The van der Waals surface area contributed by atoms with Gasteiger partial charge in [0.05, 0.1) is 6.10 Å². The lowest BCUT2D eigenvalue weighted by Crippen LogP contribution is -2.67. The third kappa shape index (κ3) is 1.56. The van der Waals surface area contributed by atoms with E-state index in [1.807, 2.05) is 6.92 Å². The van der Waals surface area contributed by atoms with E-state index < -0.39 is 29.5 Å². The molecule has 0 saturated heterocycles. The molecule has 0 spiro atoms. The highest BCUT2D eigenvalue weighted by molar-refractivity contribution is 6.04. The molecule has 5 nitrogen and oxygen atoms in total. The second-order valence-electron chi connectivity index (χ2n) is 9.56. The first-order valence-electron chi connectivity index (χ1n) is 9.71. The predicted molar refractivity (Wildman–Crippen MR) is 92.9 cm³/mol. The molecule has 4 fully saturated rings. The maximum Gasteiger partial charge on any atom is 0.190 e. The highest BCUT2D eigenvalue weighted by Gasteiger charge is 2.72. The molecule has 4 bridgehead atoms. The highest BCUT2D eigenvalue weighted by Crippen LogP contribution is 2.75. The monoisotopic (exact) mass is 358 g/mol. The first-order valence-corrected chi connectivity index (χ1v) is 9.71. The van der Waals surface area contributed by atoms with Crippen LogP contribution in [0.4, 0.5) is 0 Å². The number of Topliss-reactive ketones (excluding diaryl/α,β-unsaturated/α-hetero) is 1. The standard InChI is InChI=1S/C21H26O5/c1-19-8-16(24)18-12(13(19)3-4-21(19,26)17(25)9-22)7-11-14-5-10(23)6-15(11)20(14,18)2/h5-6,11-13,16,18,22,24,26H,3-4,7-9H2,1-2H3/t11?,12-,13-,16-,18+,19-,20?,21-/m0/s1. The average molecular weight is 358 g/mol. The zero-order valence-electron chi connectivity index (χ0n) is 15.2. The van der Waals surface area contributed by atoms with Crippen molar-refractivity contribution in [1.82, 2.24) is 0 Å². The molecule has 5 heteroatoms. The van der Waals surface area contributed by atoms with Crippen LogP contribution in [0.1, 0.15) is 39.5 Å². The van der Waals surface area contributed by atoms with Crippen LogP contribution in [0.2, 0.25) is 0 Å². The largest absolute Gasteiger partial charge is 0.393 e.